The Morgan fingerprint density at radius 1 is 1.17 bits per heavy atom. The minimum atomic E-state index is -0.159. The van der Waals surface area contributed by atoms with Crippen molar-refractivity contribution < 1.29 is 19.0 Å². The summed E-state index contributed by atoms with van der Waals surface area (Å²) in [5.41, 5.74) is 0.869. The van der Waals surface area contributed by atoms with Gasteiger partial charge in [-0.3, -0.25) is 4.79 Å². The smallest absolute Gasteiger partial charge is 0.244 e. The first kappa shape index (κ1) is 19.0. The molecular formula is C18H27NO4. The van der Waals surface area contributed by atoms with E-state index in [4.69, 9.17) is 14.2 Å². The zero-order valence-electron chi connectivity index (χ0n) is 14.6. The highest BCUT2D eigenvalue weighted by atomic mass is 16.5. The first-order valence-electron chi connectivity index (χ1n) is 7.74. The molecule has 1 rings (SSSR count). The fraction of sp³-hybridized carbons (Fsp3) is 0.500. The number of hydrogen-bond donors (Lipinski definition) is 1. The van der Waals surface area contributed by atoms with Crippen LogP contribution in [0.5, 0.6) is 11.5 Å². The number of rotatable bonds is 9. The van der Waals surface area contributed by atoms with Gasteiger partial charge in [-0.25, -0.2) is 0 Å². The van der Waals surface area contributed by atoms with Gasteiger partial charge in [0, 0.05) is 19.2 Å². The molecule has 0 radical (unpaired) electrons. The van der Waals surface area contributed by atoms with Crippen LogP contribution in [0.3, 0.4) is 0 Å². The maximum Gasteiger partial charge on any atom is 0.244 e. The lowest BCUT2D eigenvalue weighted by molar-refractivity contribution is -0.117. The van der Waals surface area contributed by atoms with Gasteiger partial charge in [0.2, 0.25) is 5.91 Å². The van der Waals surface area contributed by atoms with Crippen molar-refractivity contribution >= 4 is 12.0 Å². The van der Waals surface area contributed by atoms with Gasteiger partial charge in [0.15, 0.2) is 11.5 Å². The van der Waals surface area contributed by atoms with Crippen molar-refractivity contribution in [1.82, 2.24) is 5.32 Å². The van der Waals surface area contributed by atoms with Crippen molar-refractivity contribution in [3.8, 4) is 11.5 Å². The van der Waals surface area contributed by atoms with E-state index in [1.807, 2.05) is 25.1 Å². The Kier molecular flexibility index (Phi) is 8.19. The summed E-state index contributed by atoms with van der Waals surface area (Å²) in [6.45, 7) is 7.18. The van der Waals surface area contributed by atoms with Crippen LogP contribution in [0.4, 0.5) is 0 Å². The number of amides is 1. The Hall–Kier alpha value is -2.01. The van der Waals surface area contributed by atoms with Gasteiger partial charge >= 0.3 is 0 Å². The van der Waals surface area contributed by atoms with Gasteiger partial charge in [-0.15, -0.1) is 0 Å². The lowest BCUT2D eigenvalue weighted by Gasteiger charge is -2.13. The van der Waals surface area contributed by atoms with E-state index in [0.717, 1.165) is 5.56 Å². The minimum Gasteiger partial charge on any atom is -0.493 e. The summed E-state index contributed by atoms with van der Waals surface area (Å²) in [5.74, 6) is 1.64. The first-order valence-corrected chi connectivity index (χ1v) is 7.74. The maximum absolute atomic E-state index is 11.8. The highest BCUT2D eigenvalue weighted by Gasteiger charge is 2.07. The zero-order valence-corrected chi connectivity index (χ0v) is 14.6. The van der Waals surface area contributed by atoms with Gasteiger partial charge in [0.25, 0.3) is 0 Å². The molecule has 1 unspecified atom stereocenters. The number of ether oxygens (including phenoxy) is 3. The average molecular weight is 321 g/mol. The molecule has 1 aromatic carbocycles. The van der Waals surface area contributed by atoms with E-state index in [9.17, 15) is 4.79 Å². The molecule has 0 heterocycles. The van der Waals surface area contributed by atoms with Crippen molar-refractivity contribution in [2.75, 3.05) is 27.4 Å². The molecule has 5 heteroatoms. The van der Waals surface area contributed by atoms with Crippen LogP contribution in [0.25, 0.3) is 6.08 Å². The van der Waals surface area contributed by atoms with E-state index < -0.39 is 0 Å². The number of carbonyl (C=O) groups excluding carboxylic acids is 1. The Balaban J connectivity index is 2.70. The van der Waals surface area contributed by atoms with E-state index in [1.54, 1.807) is 20.3 Å². The summed E-state index contributed by atoms with van der Waals surface area (Å²) in [4.78, 5) is 11.8. The largest absolute Gasteiger partial charge is 0.493 e. The van der Waals surface area contributed by atoms with Crippen molar-refractivity contribution in [3.63, 3.8) is 0 Å². The molecular weight excluding hydrogens is 294 g/mol. The molecule has 0 aliphatic heterocycles. The van der Waals surface area contributed by atoms with E-state index in [-0.39, 0.29) is 11.9 Å². The lowest BCUT2D eigenvalue weighted by atomic mass is 10.2. The van der Waals surface area contributed by atoms with Crippen LogP contribution >= 0.6 is 0 Å². The molecule has 128 valence electrons. The van der Waals surface area contributed by atoms with Crippen LogP contribution in [0.1, 0.15) is 26.3 Å². The number of methoxy groups -OCH3 is 2. The first-order chi connectivity index (χ1) is 11.0. The number of nitrogens with one attached hydrogen (secondary N) is 1. The third-order valence-electron chi connectivity index (χ3n) is 2.99. The van der Waals surface area contributed by atoms with Gasteiger partial charge in [0.1, 0.15) is 0 Å². The van der Waals surface area contributed by atoms with Gasteiger partial charge in [-0.1, -0.05) is 19.9 Å². The fourth-order valence-electron chi connectivity index (χ4n) is 1.92. The quantitative estimate of drug-likeness (QED) is 0.711. The van der Waals surface area contributed by atoms with E-state index in [1.165, 1.54) is 6.08 Å². The molecule has 0 aromatic heterocycles. The number of benzene rings is 1. The Bertz CT molecular complexity index is 526. The summed E-state index contributed by atoms with van der Waals surface area (Å²) in [5, 5.41) is 2.82. The topological polar surface area (TPSA) is 56.8 Å². The summed E-state index contributed by atoms with van der Waals surface area (Å²) < 4.78 is 16.0. The lowest BCUT2D eigenvalue weighted by Crippen LogP contribution is -2.34. The van der Waals surface area contributed by atoms with Gasteiger partial charge in [0.05, 0.1) is 20.3 Å². The highest BCUT2D eigenvalue weighted by Crippen LogP contribution is 2.28. The predicted molar refractivity (Wildman–Crippen MR) is 91.8 cm³/mol. The van der Waals surface area contributed by atoms with E-state index >= 15 is 0 Å². The monoisotopic (exact) mass is 321 g/mol. The second-order valence-corrected chi connectivity index (χ2v) is 5.81. The molecule has 1 N–H and O–H groups in total. The molecule has 1 atom stereocenters. The Morgan fingerprint density at radius 3 is 2.52 bits per heavy atom. The molecule has 0 fully saturated rings. The highest BCUT2D eigenvalue weighted by molar-refractivity contribution is 5.92. The molecule has 1 amide bonds. The van der Waals surface area contributed by atoms with E-state index in [2.05, 4.69) is 19.2 Å². The number of carbonyl (C=O) groups is 1. The van der Waals surface area contributed by atoms with Crippen LogP contribution in [0.2, 0.25) is 0 Å². The van der Waals surface area contributed by atoms with Crippen LogP contribution < -0.4 is 14.8 Å². The van der Waals surface area contributed by atoms with Crippen LogP contribution in [0, 0.1) is 5.92 Å². The number of hydrogen-bond acceptors (Lipinski definition) is 4. The molecule has 0 spiro atoms. The van der Waals surface area contributed by atoms with Crippen molar-refractivity contribution in [1.29, 1.82) is 0 Å². The van der Waals surface area contributed by atoms with Crippen LogP contribution in [-0.4, -0.2) is 39.4 Å². The van der Waals surface area contributed by atoms with Gasteiger partial charge in [-0.2, -0.15) is 0 Å². The molecule has 0 aliphatic carbocycles. The van der Waals surface area contributed by atoms with Gasteiger partial charge < -0.3 is 19.5 Å². The van der Waals surface area contributed by atoms with Crippen molar-refractivity contribution in [2.45, 2.75) is 26.8 Å². The van der Waals surface area contributed by atoms with Crippen LogP contribution in [-0.2, 0) is 9.53 Å². The third kappa shape index (κ3) is 7.19. The second kappa shape index (κ2) is 9.90. The second-order valence-electron chi connectivity index (χ2n) is 5.81. The van der Waals surface area contributed by atoms with Crippen molar-refractivity contribution in [2.24, 2.45) is 5.92 Å². The van der Waals surface area contributed by atoms with Gasteiger partial charge in [-0.05, 0) is 36.6 Å². The SMILES string of the molecule is COCC(C)NC(=O)/C=C/c1ccc(OCC(C)C)c(OC)c1. The zero-order chi connectivity index (χ0) is 17.2. The van der Waals surface area contributed by atoms with Crippen molar-refractivity contribution in [3.05, 3.63) is 29.8 Å². The minimum absolute atomic E-state index is 0.0292. The third-order valence-corrected chi connectivity index (χ3v) is 2.99. The summed E-state index contributed by atoms with van der Waals surface area (Å²) in [6.07, 6.45) is 3.24. The maximum atomic E-state index is 11.8. The molecule has 0 saturated heterocycles. The Labute approximate surface area is 138 Å². The van der Waals surface area contributed by atoms with E-state index in [0.29, 0.717) is 30.6 Å². The fourth-order valence-corrected chi connectivity index (χ4v) is 1.92. The molecule has 1 aromatic rings. The molecule has 0 bridgehead atoms. The molecule has 23 heavy (non-hydrogen) atoms. The summed E-state index contributed by atoms with van der Waals surface area (Å²) in [7, 11) is 3.21. The molecule has 0 aliphatic rings. The van der Waals surface area contributed by atoms with Crippen LogP contribution in [0.15, 0.2) is 24.3 Å². The normalized spacial score (nSPS) is 12.4. The average Bonchev–Trinajstić information content (AvgIpc) is 2.51. The Morgan fingerprint density at radius 2 is 1.91 bits per heavy atom. The molecule has 0 saturated carbocycles. The predicted octanol–water partition coefficient (Wildman–Crippen LogP) is 2.89. The summed E-state index contributed by atoms with van der Waals surface area (Å²) in [6, 6.07) is 5.56. The standard InChI is InChI=1S/C18H27NO4/c1-13(2)11-23-16-8-6-15(10-17(16)22-5)7-9-18(20)19-14(3)12-21-4/h6-10,13-14H,11-12H2,1-5H3,(H,19,20)/b9-7+. The summed E-state index contributed by atoms with van der Waals surface area (Å²) >= 11 is 0. The molecule has 5 nitrogen and oxygen atoms in total.